The van der Waals surface area contributed by atoms with Crippen LogP contribution in [0.4, 0.5) is 11.4 Å². The van der Waals surface area contributed by atoms with E-state index >= 15 is 0 Å². The van der Waals surface area contributed by atoms with E-state index < -0.39 is 0 Å². The molecule has 9 aromatic rings. The number of aromatic nitrogens is 1. The van der Waals surface area contributed by atoms with Crippen LogP contribution in [0, 0.1) is 11.3 Å². The topological polar surface area (TPSA) is 17.4 Å². The largest absolute Gasteiger partial charge is 0.453 e. The molecule has 0 saturated carbocycles. The van der Waals surface area contributed by atoms with Crippen LogP contribution in [0.2, 0.25) is 0 Å². The van der Waals surface area contributed by atoms with Gasteiger partial charge in [-0.25, -0.2) is 0 Å². The molecule has 3 unspecified atom stereocenters. The highest BCUT2D eigenvalue weighted by molar-refractivity contribution is 6.08. The average Bonchev–Trinajstić information content (AvgIpc) is 3.55. The molecule has 1 aliphatic heterocycles. The van der Waals surface area contributed by atoms with Crippen molar-refractivity contribution in [3.63, 3.8) is 0 Å². The van der Waals surface area contributed by atoms with Crippen LogP contribution in [0.1, 0.15) is 199 Å². The smallest absolute Gasteiger partial charge is 0.151 e. The summed E-state index contributed by atoms with van der Waals surface area (Å²) in [5, 5.41) is 2.76. The third-order valence-corrected chi connectivity index (χ3v) is 19.2. The molecule has 2 aliphatic rings. The molecule has 3 atom stereocenters. The molecule has 0 spiro atoms. The summed E-state index contributed by atoms with van der Waals surface area (Å²) in [4.78, 5) is 2.46. The highest BCUT2D eigenvalue weighted by Crippen LogP contribution is 2.47. The van der Waals surface area contributed by atoms with Crippen LogP contribution in [-0.4, -0.2) is 11.1 Å². The molecule has 1 aliphatic carbocycles. The first-order valence-corrected chi connectivity index (χ1v) is 33.6. The molecule has 11 rings (SSSR count). The Balaban J connectivity index is 0.663. The summed E-state index contributed by atoms with van der Waals surface area (Å²) in [6.07, 6.45) is 29.8. The SMILES string of the molecule is CC(CC(CCCc1ccc(CCCCCCCCn2c3ccccc3c3ccccc32)cc1)c1ccc(CCCCN2c3ccccc3Oc3ccccc32)cc1)CC(CC(C)(C)C)c1ccc(CCCCCCc2ccc3c(c2)CC3)cc1. The first-order valence-electron chi connectivity index (χ1n) is 33.6. The molecule has 8 aromatic carbocycles. The lowest BCUT2D eigenvalue weighted by molar-refractivity contribution is 0.297. The molecule has 0 N–H and O–H groups in total. The molecule has 0 radical (unpaired) electrons. The van der Waals surface area contributed by atoms with Crippen molar-refractivity contribution < 1.29 is 4.74 Å². The Hall–Kier alpha value is -6.84. The number of hydrogen-bond acceptors (Lipinski definition) is 2. The van der Waals surface area contributed by atoms with Crippen molar-refractivity contribution in [3.05, 3.63) is 238 Å². The fraction of sp³-hybridized carbons (Fsp3) is 0.415. The van der Waals surface area contributed by atoms with Crippen LogP contribution in [0.25, 0.3) is 21.8 Å². The van der Waals surface area contributed by atoms with E-state index in [1.807, 2.05) is 0 Å². The van der Waals surface area contributed by atoms with Gasteiger partial charge in [0.2, 0.25) is 0 Å². The quantitative estimate of drug-likeness (QED) is 0.0391. The first-order chi connectivity index (χ1) is 41.7. The molecular weight excluding hydrogens is 1030 g/mol. The number of unbranched alkanes of at least 4 members (excludes halogenated alkanes) is 9. The molecule has 0 saturated heterocycles. The number of para-hydroxylation sites is 6. The lowest BCUT2D eigenvalue weighted by Crippen LogP contribution is -2.22. The molecule has 0 fully saturated rings. The van der Waals surface area contributed by atoms with Crippen LogP contribution in [0.3, 0.4) is 0 Å². The third-order valence-electron chi connectivity index (χ3n) is 19.2. The van der Waals surface area contributed by atoms with Crippen molar-refractivity contribution >= 4 is 33.2 Å². The van der Waals surface area contributed by atoms with Gasteiger partial charge < -0.3 is 14.2 Å². The number of anilines is 2. The van der Waals surface area contributed by atoms with Crippen molar-refractivity contribution in [1.29, 1.82) is 0 Å². The van der Waals surface area contributed by atoms with Gasteiger partial charge in [-0.3, -0.25) is 0 Å². The maximum atomic E-state index is 6.29. The second-order valence-corrected chi connectivity index (χ2v) is 27.1. The van der Waals surface area contributed by atoms with Crippen molar-refractivity contribution in [2.75, 3.05) is 11.4 Å². The van der Waals surface area contributed by atoms with Crippen LogP contribution < -0.4 is 9.64 Å². The summed E-state index contributed by atoms with van der Waals surface area (Å²) in [5.41, 5.74) is 19.1. The Bertz CT molecular complexity index is 3400. The molecule has 1 aromatic heterocycles. The fourth-order valence-corrected chi connectivity index (χ4v) is 14.5. The first kappa shape index (κ1) is 59.9. The Morgan fingerprint density at radius 2 is 0.824 bits per heavy atom. The minimum Gasteiger partial charge on any atom is -0.453 e. The Labute approximate surface area is 512 Å². The van der Waals surface area contributed by atoms with Gasteiger partial charge in [-0.1, -0.05) is 218 Å². The van der Waals surface area contributed by atoms with Crippen LogP contribution in [0.15, 0.2) is 188 Å². The standard InChI is InChI=1S/C82H98N2O/c1-62(59-73(61-82(2,3)4)70-51-46-64(47-52-70)27-12-8-9-13-29-67-48-53-69-54-55-72(69)60-67)58-71(68-49-44-65(45-50-68)28-22-24-57-84-78-36-18-20-38-80(78)85-81-39-21-19-37-79(81)84)31-25-30-66-42-40-63(41-43-66)26-11-7-5-6-10-23-56-83-76-34-16-14-32-74(76)75-33-15-17-35-77(75)83/h14-21,32-53,60,62,71,73H,5-13,22-31,54-59,61H2,1-4H3. The lowest BCUT2D eigenvalue weighted by atomic mass is 9.75. The normalized spacial score (nSPS) is 13.9. The minimum atomic E-state index is 0.266. The average molecular weight is 1130 g/mol. The summed E-state index contributed by atoms with van der Waals surface area (Å²) in [5.74, 6) is 3.61. The van der Waals surface area contributed by atoms with Gasteiger partial charge in [0.05, 0.1) is 11.4 Å². The van der Waals surface area contributed by atoms with E-state index in [1.54, 1.807) is 16.7 Å². The van der Waals surface area contributed by atoms with Gasteiger partial charge in [0.15, 0.2) is 11.5 Å². The summed E-state index contributed by atoms with van der Waals surface area (Å²) >= 11 is 0. The Kier molecular flexibility index (Phi) is 20.8. The predicted octanol–water partition coefficient (Wildman–Crippen LogP) is 22.8. The highest BCUT2D eigenvalue weighted by atomic mass is 16.5. The zero-order chi connectivity index (χ0) is 58.2. The highest BCUT2D eigenvalue weighted by Gasteiger charge is 2.26. The van der Waals surface area contributed by atoms with Gasteiger partial charge in [0.25, 0.3) is 0 Å². The Morgan fingerprint density at radius 3 is 1.36 bits per heavy atom. The van der Waals surface area contributed by atoms with E-state index in [1.165, 1.54) is 195 Å². The summed E-state index contributed by atoms with van der Waals surface area (Å²) in [7, 11) is 0. The molecule has 0 amide bonds. The third kappa shape index (κ3) is 16.4. The van der Waals surface area contributed by atoms with Gasteiger partial charge >= 0.3 is 0 Å². The van der Waals surface area contributed by atoms with E-state index in [0.717, 1.165) is 50.3 Å². The van der Waals surface area contributed by atoms with Gasteiger partial charge in [-0.15, -0.1) is 0 Å². The summed E-state index contributed by atoms with van der Waals surface area (Å²) < 4.78 is 8.83. The van der Waals surface area contributed by atoms with Crippen molar-refractivity contribution in [3.8, 4) is 11.5 Å². The number of rotatable bonds is 32. The number of ether oxygens (including phenoxy) is 1. The number of benzene rings is 8. The van der Waals surface area contributed by atoms with Gasteiger partial charge in [0, 0.05) is 34.9 Å². The van der Waals surface area contributed by atoms with E-state index in [2.05, 4.69) is 225 Å². The summed E-state index contributed by atoms with van der Waals surface area (Å²) in [6, 6.07) is 71.6. The molecule has 85 heavy (non-hydrogen) atoms. The van der Waals surface area contributed by atoms with Gasteiger partial charge in [-0.2, -0.15) is 0 Å². The lowest BCUT2D eigenvalue weighted by Gasteiger charge is -2.32. The molecule has 3 heteroatoms. The van der Waals surface area contributed by atoms with Crippen LogP contribution >= 0.6 is 0 Å². The van der Waals surface area contributed by atoms with Crippen molar-refractivity contribution in [2.45, 2.75) is 200 Å². The monoisotopic (exact) mass is 1130 g/mol. The van der Waals surface area contributed by atoms with E-state index in [-0.39, 0.29) is 5.41 Å². The second kappa shape index (κ2) is 29.5. The minimum absolute atomic E-state index is 0.266. The number of hydrogen-bond donors (Lipinski definition) is 0. The molecule has 442 valence electrons. The number of aryl methyl sites for hydroxylation is 8. The fourth-order valence-electron chi connectivity index (χ4n) is 14.5. The zero-order valence-electron chi connectivity index (χ0n) is 52.3. The van der Waals surface area contributed by atoms with E-state index in [9.17, 15) is 0 Å². The number of nitrogens with zero attached hydrogens (tertiary/aromatic N) is 2. The van der Waals surface area contributed by atoms with Crippen molar-refractivity contribution in [1.82, 2.24) is 4.57 Å². The zero-order valence-corrected chi connectivity index (χ0v) is 52.3. The van der Waals surface area contributed by atoms with Crippen LogP contribution in [-0.2, 0) is 51.5 Å². The van der Waals surface area contributed by atoms with E-state index in [0.29, 0.717) is 17.8 Å². The molecule has 0 bridgehead atoms. The summed E-state index contributed by atoms with van der Waals surface area (Å²) in [6.45, 7) is 12.0. The van der Waals surface area contributed by atoms with Crippen molar-refractivity contribution in [2.24, 2.45) is 11.3 Å². The van der Waals surface area contributed by atoms with Gasteiger partial charge in [0.1, 0.15) is 0 Å². The maximum Gasteiger partial charge on any atom is 0.151 e. The molecule has 3 nitrogen and oxygen atoms in total. The second-order valence-electron chi connectivity index (χ2n) is 27.1. The predicted molar refractivity (Wildman–Crippen MR) is 364 cm³/mol. The molecular formula is C82H98N2O. The molecule has 2 heterocycles. The number of fused-ring (bicyclic) bond motifs is 6. The van der Waals surface area contributed by atoms with E-state index in [4.69, 9.17) is 4.74 Å². The van der Waals surface area contributed by atoms with Gasteiger partial charge in [-0.05, 0) is 225 Å². The Morgan fingerprint density at radius 1 is 0.400 bits per heavy atom. The maximum absolute atomic E-state index is 6.29. The van der Waals surface area contributed by atoms with Crippen LogP contribution in [0.5, 0.6) is 11.5 Å².